The fourth-order valence-electron chi connectivity index (χ4n) is 1.63. The van der Waals surface area contributed by atoms with Crippen LogP contribution >= 0.6 is 0 Å². The lowest BCUT2D eigenvalue weighted by atomic mass is 10.2. The first-order chi connectivity index (χ1) is 9.09. The van der Waals surface area contributed by atoms with Gasteiger partial charge in [-0.05, 0) is 31.9 Å². The molecule has 1 aromatic rings. The van der Waals surface area contributed by atoms with Crippen molar-refractivity contribution in [2.45, 2.75) is 32.7 Å². The molecule has 1 rings (SSSR count). The van der Waals surface area contributed by atoms with Gasteiger partial charge in [-0.1, -0.05) is 6.07 Å². The number of esters is 1. The van der Waals surface area contributed by atoms with Crippen LogP contribution in [0.4, 0.5) is 8.78 Å². The number of carbonyl (C=O) groups excluding carboxylic acids is 1. The molecule has 1 N–H and O–H groups in total. The van der Waals surface area contributed by atoms with E-state index in [1.54, 1.807) is 0 Å². The number of hydrogen-bond acceptors (Lipinski definition) is 3. The molecule has 0 heterocycles. The van der Waals surface area contributed by atoms with Gasteiger partial charge in [-0.25, -0.2) is 8.78 Å². The lowest BCUT2D eigenvalue weighted by molar-refractivity contribution is -0.141. The van der Waals surface area contributed by atoms with Crippen LogP contribution < -0.4 is 5.32 Å². The Balaban J connectivity index is 2.06. The molecule has 0 amide bonds. The smallest absolute Gasteiger partial charge is 0.302 e. The largest absolute Gasteiger partial charge is 0.466 e. The standard InChI is InChI=1S/C14H19F2NO2/c1-11(18)19-8-4-2-3-7-17-10-12-5-6-13(15)9-14(12)16/h5-6,9,17H,2-4,7-8,10H2,1H3. The Morgan fingerprint density at radius 3 is 2.74 bits per heavy atom. The van der Waals surface area contributed by atoms with Gasteiger partial charge in [0, 0.05) is 25.1 Å². The number of benzene rings is 1. The van der Waals surface area contributed by atoms with Crippen molar-refractivity contribution in [3.05, 3.63) is 35.4 Å². The van der Waals surface area contributed by atoms with E-state index >= 15 is 0 Å². The third-order valence-corrected chi connectivity index (χ3v) is 2.63. The van der Waals surface area contributed by atoms with Crippen LogP contribution in [0.3, 0.4) is 0 Å². The Kier molecular flexibility index (Phi) is 7.03. The van der Waals surface area contributed by atoms with E-state index in [2.05, 4.69) is 5.32 Å². The molecular formula is C14H19F2NO2. The second kappa shape index (κ2) is 8.58. The maximum Gasteiger partial charge on any atom is 0.302 e. The van der Waals surface area contributed by atoms with Gasteiger partial charge in [-0.2, -0.15) is 0 Å². The van der Waals surface area contributed by atoms with Crippen molar-refractivity contribution in [2.75, 3.05) is 13.2 Å². The van der Waals surface area contributed by atoms with Gasteiger partial charge < -0.3 is 10.1 Å². The second-order valence-corrected chi connectivity index (χ2v) is 4.31. The summed E-state index contributed by atoms with van der Waals surface area (Å²) in [5.41, 5.74) is 0.460. The third-order valence-electron chi connectivity index (χ3n) is 2.63. The van der Waals surface area contributed by atoms with Crippen LogP contribution in [0.2, 0.25) is 0 Å². The van der Waals surface area contributed by atoms with Crippen LogP contribution in [0.5, 0.6) is 0 Å². The first kappa shape index (κ1) is 15.6. The number of hydrogen-bond donors (Lipinski definition) is 1. The molecule has 0 aliphatic carbocycles. The number of halogens is 2. The van der Waals surface area contributed by atoms with Gasteiger partial charge in [0.15, 0.2) is 0 Å². The number of rotatable bonds is 8. The molecule has 0 atom stereocenters. The SMILES string of the molecule is CC(=O)OCCCCCNCc1ccc(F)cc1F. The Morgan fingerprint density at radius 1 is 1.26 bits per heavy atom. The summed E-state index contributed by atoms with van der Waals surface area (Å²) >= 11 is 0. The lowest BCUT2D eigenvalue weighted by Gasteiger charge is -2.06. The van der Waals surface area contributed by atoms with Crippen molar-refractivity contribution in [2.24, 2.45) is 0 Å². The molecule has 0 unspecified atom stereocenters. The van der Waals surface area contributed by atoms with E-state index in [0.29, 0.717) is 18.7 Å². The minimum Gasteiger partial charge on any atom is -0.466 e. The molecule has 0 aliphatic heterocycles. The molecule has 19 heavy (non-hydrogen) atoms. The van der Waals surface area contributed by atoms with Crippen molar-refractivity contribution >= 4 is 5.97 Å². The van der Waals surface area contributed by atoms with Gasteiger partial charge >= 0.3 is 5.97 Å². The minimum absolute atomic E-state index is 0.259. The van der Waals surface area contributed by atoms with E-state index in [-0.39, 0.29) is 5.97 Å². The summed E-state index contributed by atoms with van der Waals surface area (Å²) in [5, 5.41) is 3.09. The average Bonchev–Trinajstić information content (AvgIpc) is 2.34. The van der Waals surface area contributed by atoms with Crippen LogP contribution in [-0.2, 0) is 16.1 Å². The van der Waals surface area contributed by atoms with Gasteiger partial charge in [0.05, 0.1) is 6.61 Å². The van der Waals surface area contributed by atoms with Gasteiger partial charge in [-0.15, -0.1) is 0 Å². The van der Waals surface area contributed by atoms with E-state index in [1.807, 2.05) is 0 Å². The fraction of sp³-hybridized carbons (Fsp3) is 0.500. The monoisotopic (exact) mass is 271 g/mol. The number of unbranched alkanes of at least 4 members (excludes halogenated alkanes) is 2. The van der Waals surface area contributed by atoms with E-state index in [4.69, 9.17) is 4.74 Å². The second-order valence-electron chi connectivity index (χ2n) is 4.31. The molecule has 0 radical (unpaired) electrons. The summed E-state index contributed by atoms with van der Waals surface area (Å²) in [6.07, 6.45) is 2.68. The molecule has 0 aliphatic rings. The summed E-state index contributed by atoms with van der Waals surface area (Å²) in [6, 6.07) is 3.58. The highest BCUT2D eigenvalue weighted by Gasteiger charge is 2.02. The topological polar surface area (TPSA) is 38.3 Å². The Morgan fingerprint density at radius 2 is 2.05 bits per heavy atom. The maximum absolute atomic E-state index is 13.3. The van der Waals surface area contributed by atoms with E-state index in [1.165, 1.54) is 19.1 Å². The first-order valence-corrected chi connectivity index (χ1v) is 6.37. The highest BCUT2D eigenvalue weighted by atomic mass is 19.1. The van der Waals surface area contributed by atoms with E-state index < -0.39 is 11.6 Å². The van der Waals surface area contributed by atoms with E-state index in [9.17, 15) is 13.6 Å². The summed E-state index contributed by atoms with van der Waals surface area (Å²) < 4.78 is 30.7. The highest BCUT2D eigenvalue weighted by molar-refractivity contribution is 5.65. The summed E-state index contributed by atoms with van der Waals surface area (Å²) in [7, 11) is 0. The van der Waals surface area contributed by atoms with Crippen LogP contribution in [-0.4, -0.2) is 19.1 Å². The van der Waals surface area contributed by atoms with Crippen molar-refractivity contribution in [1.82, 2.24) is 5.32 Å². The quantitative estimate of drug-likeness (QED) is 0.583. The molecule has 0 saturated carbocycles. The number of nitrogens with one attached hydrogen (secondary N) is 1. The molecule has 5 heteroatoms. The van der Waals surface area contributed by atoms with Gasteiger partial charge in [0.25, 0.3) is 0 Å². The van der Waals surface area contributed by atoms with E-state index in [0.717, 1.165) is 31.9 Å². The molecule has 0 aromatic heterocycles. The third kappa shape index (κ3) is 6.86. The molecular weight excluding hydrogens is 252 g/mol. The van der Waals surface area contributed by atoms with Gasteiger partial charge in [0.2, 0.25) is 0 Å². The van der Waals surface area contributed by atoms with Crippen LogP contribution in [0.15, 0.2) is 18.2 Å². The van der Waals surface area contributed by atoms with Crippen LogP contribution in [0.25, 0.3) is 0 Å². The highest BCUT2D eigenvalue weighted by Crippen LogP contribution is 2.09. The zero-order valence-corrected chi connectivity index (χ0v) is 11.0. The summed E-state index contributed by atoms with van der Waals surface area (Å²) in [5.74, 6) is -1.35. The molecule has 0 fully saturated rings. The Bertz CT molecular complexity index is 410. The van der Waals surface area contributed by atoms with Crippen molar-refractivity contribution in [3.8, 4) is 0 Å². The fourth-order valence-corrected chi connectivity index (χ4v) is 1.63. The van der Waals surface area contributed by atoms with Crippen molar-refractivity contribution in [3.63, 3.8) is 0 Å². The maximum atomic E-state index is 13.3. The molecule has 1 aromatic carbocycles. The predicted molar refractivity (Wildman–Crippen MR) is 68.5 cm³/mol. The van der Waals surface area contributed by atoms with Gasteiger partial charge in [-0.3, -0.25) is 4.79 Å². The molecule has 0 spiro atoms. The summed E-state index contributed by atoms with van der Waals surface area (Å²) in [4.78, 5) is 10.5. The predicted octanol–water partition coefficient (Wildman–Crippen LogP) is 2.79. The number of carbonyl (C=O) groups is 1. The van der Waals surface area contributed by atoms with Gasteiger partial charge in [0.1, 0.15) is 11.6 Å². The minimum atomic E-state index is -0.563. The molecule has 106 valence electrons. The van der Waals surface area contributed by atoms with Crippen LogP contribution in [0, 0.1) is 11.6 Å². The van der Waals surface area contributed by atoms with Crippen molar-refractivity contribution < 1.29 is 18.3 Å². The normalized spacial score (nSPS) is 10.5. The first-order valence-electron chi connectivity index (χ1n) is 6.37. The zero-order chi connectivity index (χ0) is 14.1. The molecule has 0 bridgehead atoms. The zero-order valence-electron chi connectivity index (χ0n) is 11.0. The van der Waals surface area contributed by atoms with Crippen molar-refractivity contribution in [1.29, 1.82) is 0 Å². The summed E-state index contributed by atoms with van der Waals surface area (Å²) in [6.45, 7) is 2.97. The molecule has 3 nitrogen and oxygen atoms in total. The Hall–Kier alpha value is -1.49. The van der Waals surface area contributed by atoms with Crippen LogP contribution in [0.1, 0.15) is 31.7 Å². The number of ether oxygens (including phenoxy) is 1. The lowest BCUT2D eigenvalue weighted by Crippen LogP contribution is -2.15. The molecule has 0 saturated heterocycles. The average molecular weight is 271 g/mol. The Labute approximate surface area is 112 Å².